The molecule has 0 spiro atoms. The summed E-state index contributed by atoms with van der Waals surface area (Å²) >= 11 is 0. The van der Waals surface area contributed by atoms with Crippen LogP contribution in [-0.2, 0) is 0 Å². The predicted molar refractivity (Wildman–Crippen MR) is 256 cm³/mol. The van der Waals surface area contributed by atoms with Crippen LogP contribution in [0.5, 0.6) is 0 Å². The van der Waals surface area contributed by atoms with Gasteiger partial charge in [0.25, 0.3) is 0 Å². The lowest BCUT2D eigenvalue weighted by molar-refractivity contribution is 0.709. The van der Waals surface area contributed by atoms with E-state index in [-0.39, 0.29) is 11.8 Å². The minimum Gasteiger partial charge on any atom is -0.309 e. The molecule has 0 atom stereocenters. The molecule has 0 unspecified atom stereocenters. The quantitative estimate of drug-likeness (QED) is 0.124. The van der Waals surface area contributed by atoms with Gasteiger partial charge in [-0.2, -0.15) is 0 Å². The molecule has 4 nitrogen and oxygen atoms in total. The number of hydrogen-bond acceptors (Lipinski definition) is 4. The third kappa shape index (κ3) is 5.20. The van der Waals surface area contributed by atoms with Gasteiger partial charge in [-0.15, -0.1) is 0 Å². The topological polar surface area (TPSA) is 32.3 Å². The van der Waals surface area contributed by atoms with Crippen molar-refractivity contribution in [1.82, 2.24) is 9.97 Å². The average Bonchev–Trinajstić information content (AvgIpc) is 3.34. The van der Waals surface area contributed by atoms with Gasteiger partial charge in [-0.05, 0) is 106 Å². The fourth-order valence-electron chi connectivity index (χ4n) is 10.5. The summed E-state index contributed by atoms with van der Waals surface area (Å²) in [5.74, 6) is 0.0366. The Kier molecular flexibility index (Phi) is 7.70. The maximum absolute atomic E-state index is 5.72. The Hall–Kier alpha value is -8.08. The molecule has 1 heterocycles. The Morgan fingerprint density at radius 1 is 0.290 bits per heavy atom. The minimum atomic E-state index is 0.0183. The van der Waals surface area contributed by atoms with Crippen LogP contribution in [0.25, 0.3) is 43.4 Å². The van der Waals surface area contributed by atoms with Crippen molar-refractivity contribution in [1.29, 1.82) is 0 Å². The van der Waals surface area contributed by atoms with Crippen molar-refractivity contribution in [3.8, 4) is 0 Å². The molecule has 62 heavy (non-hydrogen) atoms. The number of fused-ring (bicyclic) bond motifs is 4. The summed E-state index contributed by atoms with van der Waals surface area (Å²) in [6.07, 6.45) is 0. The van der Waals surface area contributed by atoms with Gasteiger partial charge in [0, 0.05) is 44.3 Å². The van der Waals surface area contributed by atoms with E-state index in [0.717, 1.165) is 78.1 Å². The van der Waals surface area contributed by atoms with Crippen LogP contribution >= 0.6 is 0 Å². The molecule has 0 N–H and O–H groups in total. The highest BCUT2D eigenvalue weighted by molar-refractivity contribution is 6.26. The number of aromatic nitrogens is 2. The van der Waals surface area contributed by atoms with Gasteiger partial charge < -0.3 is 9.80 Å². The van der Waals surface area contributed by atoms with Gasteiger partial charge in [0.05, 0.1) is 45.6 Å². The Morgan fingerprint density at radius 2 is 0.565 bits per heavy atom. The van der Waals surface area contributed by atoms with Crippen LogP contribution in [0.2, 0.25) is 0 Å². The van der Waals surface area contributed by atoms with Crippen LogP contribution < -0.4 is 9.80 Å². The molecule has 2 bridgehead atoms. The summed E-state index contributed by atoms with van der Waals surface area (Å²) < 4.78 is 0. The molecule has 3 aliphatic carbocycles. The monoisotopic (exact) mass is 790 g/mol. The van der Waals surface area contributed by atoms with Crippen LogP contribution in [0.15, 0.2) is 218 Å². The van der Waals surface area contributed by atoms with E-state index in [1.54, 1.807) is 0 Å². The molecule has 10 aromatic carbocycles. The van der Waals surface area contributed by atoms with Gasteiger partial charge in [0.2, 0.25) is 0 Å². The van der Waals surface area contributed by atoms with E-state index in [2.05, 4.69) is 228 Å². The number of rotatable bonds is 6. The maximum atomic E-state index is 5.72. The highest BCUT2D eigenvalue weighted by atomic mass is 15.2. The maximum Gasteiger partial charge on any atom is 0.0898 e. The first-order valence-corrected chi connectivity index (χ1v) is 21.4. The van der Waals surface area contributed by atoms with Crippen molar-refractivity contribution in [2.75, 3.05) is 9.80 Å². The van der Waals surface area contributed by atoms with Gasteiger partial charge in [0.1, 0.15) is 0 Å². The zero-order valence-corrected chi connectivity index (χ0v) is 33.7. The standard InChI is InChI=1S/C58H38N4/c1-5-21-39(22-6-1)61(40-23-7-2-8-24-40)57-47-33-37-19-13-14-20-38(37)34-48(47)58(62(41-25-9-3-10-26-41)42-27-11-4-12-28-42)50-36-52-51(35-49(50)57)59-55-53-43-29-15-17-31-45(43)54(56(55)60-52)46-32-18-16-30-44(46)53/h1-36,53-54H. The molecular weight excluding hydrogens is 753 g/mol. The number of nitrogens with zero attached hydrogens (tertiary/aromatic N) is 4. The van der Waals surface area contributed by atoms with Gasteiger partial charge in [0.15, 0.2) is 0 Å². The third-order valence-electron chi connectivity index (χ3n) is 13.1. The predicted octanol–water partition coefficient (Wildman–Crippen LogP) is 15.0. The Bertz CT molecular complexity index is 3170. The number of hydrogen-bond donors (Lipinski definition) is 0. The third-order valence-corrected chi connectivity index (χ3v) is 13.1. The lowest BCUT2D eigenvalue weighted by atomic mass is 9.64. The van der Waals surface area contributed by atoms with E-state index in [0.29, 0.717) is 0 Å². The van der Waals surface area contributed by atoms with E-state index in [9.17, 15) is 0 Å². The van der Waals surface area contributed by atoms with E-state index < -0.39 is 0 Å². The Balaban J connectivity index is 1.22. The second kappa shape index (κ2) is 13.7. The average molecular weight is 791 g/mol. The van der Waals surface area contributed by atoms with Gasteiger partial charge in [-0.25, -0.2) is 9.97 Å². The summed E-state index contributed by atoms with van der Waals surface area (Å²) in [7, 11) is 0. The molecule has 0 fully saturated rings. The van der Waals surface area contributed by atoms with E-state index in [1.165, 1.54) is 33.0 Å². The number of benzene rings is 10. The van der Waals surface area contributed by atoms with Crippen molar-refractivity contribution >= 4 is 77.5 Å². The van der Waals surface area contributed by atoms with Crippen LogP contribution in [0.1, 0.15) is 45.5 Å². The van der Waals surface area contributed by atoms with Crippen LogP contribution in [-0.4, -0.2) is 9.97 Å². The molecule has 0 saturated heterocycles. The highest BCUT2D eigenvalue weighted by Gasteiger charge is 2.43. The van der Waals surface area contributed by atoms with Crippen molar-refractivity contribution < 1.29 is 0 Å². The molecule has 0 saturated carbocycles. The molecule has 290 valence electrons. The minimum absolute atomic E-state index is 0.0183. The molecule has 14 rings (SSSR count). The van der Waals surface area contributed by atoms with Crippen LogP contribution in [0.3, 0.4) is 0 Å². The first-order chi connectivity index (χ1) is 30.8. The zero-order valence-electron chi connectivity index (χ0n) is 33.7. The normalized spacial score (nSPS) is 14.8. The molecule has 3 aliphatic rings. The highest BCUT2D eigenvalue weighted by Crippen LogP contribution is 2.56. The Morgan fingerprint density at radius 3 is 0.887 bits per heavy atom. The van der Waals surface area contributed by atoms with E-state index in [4.69, 9.17) is 9.97 Å². The first kappa shape index (κ1) is 34.8. The summed E-state index contributed by atoms with van der Waals surface area (Å²) in [5, 5.41) is 6.83. The van der Waals surface area contributed by atoms with E-state index >= 15 is 0 Å². The number of anilines is 6. The van der Waals surface area contributed by atoms with Crippen molar-refractivity contribution in [2.24, 2.45) is 0 Å². The number of para-hydroxylation sites is 4. The second-order valence-corrected chi connectivity index (χ2v) is 16.5. The van der Waals surface area contributed by atoms with Gasteiger partial charge >= 0.3 is 0 Å². The largest absolute Gasteiger partial charge is 0.309 e. The van der Waals surface area contributed by atoms with Crippen molar-refractivity contribution in [3.63, 3.8) is 0 Å². The summed E-state index contributed by atoms with van der Waals surface area (Å²) in [4.78, 5) is 16.3. The lowest BCUT2D eigenvalue weighted by Gasteiger charge is -2.40. The molecule has 11 aromatic rings. The smallest absolute Gasteiger partial charge is 0.0898 e. The fraction of sp³-hybridized carbons (Fsp3) is 0.0345. The van der Waals surface area contributed by atoms with E-state index in [1.807, 2.05) is 0 Å². The molecule has 0 radical (unpaired) electrons. The summed E-state index contributed by atoms with van der Waals surface area (Å²) in [5.41, 5.74) is 15.7. The van der Waals surface area contributed by atoms with Crippen molar-refractivity contribution in [2.45, 2.75) is 11.8 Å². The summed E-state index contributed by atoms with van der Waals surface area (Å²) in [6, 6.07) is 79.1. The molecule has 4 heteroatoms. The molecular formula is C58H38N4. The van der Waals surface area contributed by atoms with Crippen LogP contribution in [0, 0.1) is 0 Å². The lowest BCUT2D eigenvalue weighted by Crippen LogP contribution is -2.29. The van der Waals surface area contributed by atoms with Crippen LogP contribution in [0.4, 0.5) is 34.1 Å². The van der Waals surface area contributed by atoms with Gasteiger partial charge in [-0.1, -0.05) is 146 Å². The van der Waals surface area contributed by atoms with Gasteiger partial charge in [-0.3, -0.25) is 0 Å². The molecule has 0 amide bonds. The second-order valence-electron chi connectivity index (χ2n) is 16.5. The first-order valence-electron chi connectivity index (χ1n) is 21.4. The molecule has 0 aliphatic heterocycles. The molecule has 1 aromatic heterocycles. The van der Waals surface area contributed by atoms with Crippen molar-refractivity contribution in [3.05, 3.63) is 252 Å². The zero-order chi connectivity index (χ0) is 40.7. The Labute approximate surface area is 359 Å². The fourth-order valence-corrected chi connectivity index (χ4v) is 10.5. The summed E-state index contributed by atoms with van der Waals surface area (Å²) in [6.45, 7) is 0. The SMILES string of the molecule is c1ccc(N(c2ccccc2)c2c3cc4ccccc4cc3c(N(c3ccccc3)c3ccccc3)c3cc4nc5c(nc4cc23)C2c3ccccc3C5c3ccccc32)cc1.